The molecule has 2 aromatic carbocycles. The number of carbonyl (C=O) groups is 1. The summed E-state index contributed by atoms with van der Waals surface area (Å²) in [5.74, 6) is 1.10. The summed E-state index contributed by atoms with van der Waals surface area (Å²) in [6, 6.07) is 13.0. The lowest BCUT2D eigenvalue weighted by Gasteiger charge is -2.10. The minimum atomic E-state index is -0.198. The molecule has 3 aromatic rings. The molecule has 0 aliphatic carbocycles. The van der Waals surface area contributed by atoms with Crippen molar-refractivity contribution < 1.29 is 14.3 Å². The van der Waals surface area contributed by atoms with Gasteiger partial charge in [0.2, 0.25) is 0 Å². The lowest BCUT2D eigenvalue weighted by Crippen LogP contribution is -2.36. The second kappa shape index (κ2) is 9.02. The summed E-state index contributed by atoms with van der Waals surface area (Å²) < 4.78 is 13.7. The van der Waals surface area contributed by atoms with Gasteiger partial charge in [-0.15, -0.1) is 11.3 Å². The molecule has 4 rings (SSSR count). The zero-order valence-corrected chi connectivity index (χ0v) is 19.3. The fourth-order valence-corrected chi connectivity index (χ4v) is 4.81. The number of nitrogens with zero attached hydrogens (tertiary/aromatic N) is 2. The van der Waals surface area contributed by atoms with Gasteiger partial charge in [0.15, 0.2) is 0 Å². The number of carbonyl (C=O) groups excluding carboxylic acids is 1. The third-order valence-corrected chi connectivity index (χ3v) is 6.42. The molecule has 1 amide bonds. The molecule has 0 bridgehead atoms. The molecule has 7 nitrogen and oxygen atoms in total. The van der Waals surface area contributed by atoms with Crippen LogP contribution in [-0.4, -0.2) is 50.2 Å². The van der Waals surface area contributed by atoms with Gasteiger partial charge in [-0.3, -0.25) is 14.2 Å². The van der Waals surface area contributed by atoms with Crippen LogP contribution in [0.5, 0.6) is 11.5 Å². The number of rotatable bonds is 6. The Hall–Kier alpha value is -3.36. The van der Waals surface area contributed by atoms with Crippen LogP contribution >= 0.6 is 11.3 Å². The molecule has 166 valence electrons. The zero-order chi connectivity index (χ0) is 22.8. The van der Waals surface area contributed by atoms with Crippen molar-refractivity contribution in [3.8, 4) is 11.5 Å². The number of fused-ring (bicyclic) bond motifs is 1. The number of hydrogen-bond acceptors (Lipinski definition) is 6. The van der Waals surface area contributed by atoms with E-state index in [2.05, 4.69) is 5.32 Å². The Morgan fingerprint density at radius 1 is 1.09 bits per heavy atom. The van der Waals surface area contributed by atoms with Crippen LogP contribution in [0.15, 0.2) is 47.3 Å². The van der Waals surface area contributed by atoms with Crippen molar-refractivity contribution in [2.45, 2.75) is 6.54 Å². The maximum atomic E-state index is 13.4. The van der Waals surface area contributed by atoms with E-state index in [1.807, 2.05) is 49.3 Å². The smallest absolute Gasteiger partial charge is 0.269 e. The van der Waals surface area contributed by atoms with E-state index in [9.17, 15) is 9.59 Å². The van der Waals surface area contributed by atoms with Crippen molar-refractivity contribution in [3.63, 3.8) is 0 Å². The first-order valence-corrected chi connectivity index (χ1v) is 11.0. The number of amides is 1. The van der Waals surface area contributed by atoms with E-state index < -0.39 is 0 Å². The maximum Gasteiger partial charge on any atom is 0.269 e. The van der Waals surface area contributed by atoms with Gasteiger partial charge in [-0.2, -0.15) is 0 Å². The summed E-state index contributed by atoms with van der Waals surface area (Å²) in [5, 5.41) is 2.91. The Morgan fingerprint density at radius 2 is 1.88 bits per heavy atom. The van der Waals surface area contributed by atoms with Gasteiger partial charge in [0.1, 0.15) is 16.2 Å². The molecular weight excluding hydrogens is 426 g/mol. The van der Waals surface area contributed by atoms with Gasteiger partial charge in [0.25, 0.3) is 11.5 Å². The average molecular weight is 452 g/mol. The first-order chi connectivity index (χ1) is 15.4. The number of benzene rings is 2. The number of para-hydroxylation sites is 1. The van der Waals surface area contributed by atoms with Crippen LogP contribution in [0.25, 0.3) is 11.6 Å². The molecule has 1 aliphatic rings. The van der Waals surface area contributed by atoms with Crippen molar-refractivity contribution >= 4 is 34.6 Å². The SMILES string of the molecule is COc1ccc(OC)c(/C=c2\s/c(=C3/C(=O)Nc4ccccc43)n(CCN(C)C)c2=O)c1. The van der Waals surface area contributed by atoms with Crippen molar-refractivity contribution in [2.24, 2.45) is 0 Å². The lowest BCUT2D eigenvalue weighted by molar-refractivity contribution is -0.110. The Bertz CT molecular complexity index is 1350. The van der Waals surface area contributed by atoms with Gasteiger partial charge in [-0.25, -0.2) is 0 Å². The third-order valence-electron chi connectivity index (χ3n) is 5.29. The highest BCUT2D eigenvalue weighted by Crippen LogP contribution is 2.29. The highest BCUT2D eigenvalue weighted by Gasteiger charge is 2.26. The van der Waals surface area contributed by atoms with Crippen LogP contribution < -0.4 is 29.5 Å². The molecule has 0 fully saturated rings. The van der Waals surface area contributed by atoms with Gasteiger partial charge in [-0.05, 0) is 44.4 Å². The summed E-state index contributed by atoms with van der Waals surface area (Å²) in [5.41, 5.74) is 2.69. The topological polar surface area (TPSA) is 72.8 Å². The molecule has 0 unspecified atom stereocenters. The second-order valence-corrected chi connectivity index (χ2v) is 8.69. The van der Waals surface area contributed by atoms with Crippen LogP contribution in [0.2, 0.25) is 0 Å². The fraction of sp³-hybridized carbons (Fsp3) is 0.250. The van der Waals surface area contributed by atoms with E-state index in [4.69, 9.17) is 9.47 Å². The minimum Gasteiger partial charge on any atom is -0.497 e. The fourth-order valence-electron chi connectivity index (χ4n) is 3.63. The maximum absolute atomic E-state index is 13.4. The zero-order valence-electron chi connectivity index (χ0n) is 18.5. The van der Waals surface area contributed by atoms with Crippen LogP contribution in [0.1, 0.15) is 11.1 Å². The number of methoxy groups -OCH3 is 2. The Labute approximate surface area is 189 Å². The minimum absolute atomic E-state index is 0.138. The third kappa shape index (κ3) is 4.06. The van der Waals surface area contributed by atoms with Crippen molar-refractivity contribution in [1.82, 2.24) is 9.47 Å². The van der Waals surface area contributed by atoms with Gasteiger partial charge < -0.3 is 19.7 Å². The second-order valence-electron chi connectivity index (χ2n) is 7.66. The predicted molar refractivity (Wildman–Crippen MR) is 127 cm³/mol. The monoisotopic (exact) mass is 451 g/mol. The first-order valence-electron chi connectivity index (χ1n) is 10.2. The molecule has 8 heteroatoms. The predicted octanol–water partition coefficient (Wildman–Crippen LogP) is 1.47. The number of ether oxygens (including phenoxy) is 2. The number of thiazole rings is 1. The standard InChI is InChI=1S/C24H25N3O4S/c1-26(2)11-12-27-23(29)20(14-15-13-16(30-3)9-10-19(15)31-4)32-24(27)21-17-7-5-6-8-18(17)25-22(21)28/h5-10,13-14H,11-12H2,1-4H3,(H,25,28)/b20-14-,24-21+. The molecule has 32 heavy (non-hydrogen) atoms. The average Bonchev–Trinajstić information content (AvgIpc) is 3.27. The number of nitrogens with one attached hydrogen (secondary N) is 1. The normalized spacial score (nSPS) is 15.2. The Balaban J connectivity index is 2.00. The number of anilines is 1. The molecular formula is C24H25N3O4S. The number of likely N-dealkylation sites (N-methyl/N-ethyl adjacent to an activating group) is 1. The van der Waals surface area contributed by atoms with Crippen LogP contribution in [0.4, 0.5) is 5.69 Å². The van der Waals surface area contributed by atoms with E-state index in [1.165, 1.54) is 11.3 Å². The van der Waals surface area contributed by atoms with Gasteiger partial charge in [-0.1, -0.05) is 18.2 Å². The molecule has 0 atom stereocenters. The first kappa shape index (κ1) is 21.9. The number of aromatic nitrogens is 1. The summed E-state index contributed by atoms with van der Waals surface area (Å²) in [4.78, 5) is 28.3. The van der Waals surface area contributed by atoms with E-state index in [1.54, 1.807) is 37.0 Å². The molecule has 0 spiro atoms. The van der Waals surface area contributed by atoms with E-state index in [0.717, 1.165) is 16.8 Å². The molecule has 1 N–H and O–H groups in total. The molecule has 0 saturated heterocycles. The van der Waals surface area contributed by atoms with Crippen molar-refractivity contribution in [1.29, 1.82) is 0 Å². The summed E-state index contributed by atoms with van der Waals surface area (Å²) >= 11 is 1.31. The van der Waals surface area contributed by atoms with Crippen LogP contribution in [0.3, 0.4) is 0 Å². The van der Waals surface area contributed by atoms with E-state index in [-0.39, 0.29) is 11.5 Å². The Morgan fingerprint density at radius 3 is 2.59 bits per heavy atom. The van der Waals surface area contributed by atoms with Crippen molar-refractivity contribution in [2.75, 3.05) is 40.2 Å². The summed E-state index contributed by atoms with van der Waals surface area (Å²) in [6.07, 6.45) is 1.79. The van der Waals surface area contributed by atoms with Gasteiger partial charge in [0.05, 0.1) is 24.3 Å². The van der Waals surface area contributed by atoms with Gasteiger partial charge >= 0.3 is 0 Å². The van der Waals surface area contributed by atoms with Crippen LogP contribution in [-0.2, 0) is 11.3 Å². The van der Waals surface area contributed by atoms with Gasteiger partial charge in [0, 0.05) is 29.9 Å². The van der Waals surface area contributed by atoms with Crippen molar-refractivity contribution in [3.05, 3.63) is 73.1 Å². The van der Waals surface area contributed by atoms with Crippen LogP contribution in [0, 0.1) is 0 Å². The Kier molecular flexibility index (Phi) is 6.16. The van der Waals surface area contributed by atoms with E-state index >= 15 is 0 Å². The molecule has 2 heterocycles. The molecule has 1 aromatic heterocycles. The molecule has 0 saturated carbocycles. The molecule has 0 radical (unpaired) electrons. The van der Waals surface area contributed by atoms with E-state index in [0.29, 0.717) is 39.4 Å². The summed E-state index contributed by atoms with van der Waals surface area (Å²) in [7, 11) is 7.09. The lowest BCUT2D eigenvalue weighted by atomic mass is 10.1. The summed E-state index contributed by atoms with van der Waals surface area (Å²) in [6.45, 7) is 1.14. The molecule has 1 aliphatic heterocycles. The number of hydrogen-bond donors (Lipinski definition) is 1. The highest BCUT2D eigenvalue weighted by atomic mass is 32.1. The highest BCUT2D eigenvalue weighted by molar-refractivity contribution is 7.07. The quantitative estimate of drug-likeness (QED) is 0.615. The largest absolute Gasteiger partial charge is 0.497 e.